The minimum absolute atomic E-state index is 0.286. The second kappa shape index (κ2) is 7.64. The predicted octanol–water partition coefficient (Wildman–Crippen LogP) is 3.84. The lowest BCUT2D eigenvalue weighted by atomic mass is 10.00. The number of anilines is 1. The Labute approximate surface area is 159 Å². The molecule has 0 aliphatic carbocycles. The Morgan fingerprint density at radius 2 is 1.67 bits per heavy atom. The zero-order valence-corrected chi connectivity index (χ0v) is 15.4. The minimum atomic E-state index is -0.286. The van der Waals surface area contributed by atoms with Crippen molar-refractivity contribution in [1.82, 2.24) is 0 Å². The highest BCUT2D eigenvalue weighted by atomic mass is 16.5. The highest BCUT2D eigenvalue weighted by Gasteiger charge is 2.22. The molecule has 0 amide bonds. The molecule has 0 radical (unpaired) electrons. The molecule has 0 fully saturated rings. The van der Waals surface area contributed by atoms with Crippen LogP contribution in [0.15, 0.2) is 83.9 Å². The molecule has 0 saturated carbocycles. The molecule has 2 N–H and O–H groups in total. The maximum atomic E-state index is 6.38. The van der Waals surface area contributed by atoms with Gasteiger partial charge in [0.25, 0.3) is 0 Å². The number of ether oxygens (including phenoxy) is 1. The number of methoxy groups -OCH3 is 1. The third-order valence-electron chi connectivity index (χ3n) is 4.78. The highest BCUT2D eigenvalue weighted by molar-refractivity contribution is 6.16. The Hall–Kier alpha value is -3.11. The molecule has 1 aliphatic heterocycles. The predicted molar refractivity (Wildman–Crippen MR) is 111 cm³/mol. The number of hydrogen-bond donors (Lipinski definition) is 1. The van der Waals surface area contributed by atoms with E-state index in [2.05, 4.69) is 53.4 Å². The van der Waals surface area contributed by atoms with Crippen molar-refractivity contribution in [2.75, 3.05) is 18.6 Å². The maximum absolute atomic E-state index is 6.38. The fraction of sp³-hybridized carbons (Fsp3) is 0.174. The number of benzodiazepines with no additional fused rings is 1. The lowest BCUT2D eigenvalue weighted by Gasteiger charge is -2.26. The van der Waals surface area contributed by atoms with E-state index in [1.54, 1.807) is 7.11 Å². The van der Waals surface area contributed by atoms with Crippen LogP contribution in [0.4, 0.5) is 5.69 Å². The summed E-state index contributed by atoms with van der Waals surface area (Å²) >= 11 is 0. The zero-order chi connectivity index (χ0) is 18.6. The summed E-state index contributed by atoms with van der Waals surface area (Å²) in [4.78, 5) is 7.15. The van der Waals surface area contributed by atoms with E-state index in [4.69, 9.17) is 15.5 Å². The first-order valence-corrected chi connectivity index (χ1v) is 9.10. The van der Waals surface area contributed by atoms with Crippen molar-refractivity contribution in [2.24, 2.45) is 10.7 Å². The van der Waals surface area contributed by atoms with Crippen molar-refractivity contribution in [3.63, 3.8) is 0 Å². The van der Waals surface area contributed by atoms with Crippen molar-refractivity contribution in [3.8, 4) is 5.75 Å². The molecule has 3 aromatic rings. The van der Waals surface area contributed by atoms with Crippen molar-refractivity contribution in [3.05, 3.63) is 95.6 Å². The lowest BCUT2D eigenvalue weighted by Crippen LogP contribution is -2.35. The molecule has 0 saturated heterocycles. The largest absolute Gasteiger partial charge is 0.497 e. The zero-order valence-electron chi connectivity index (χ0n) is 15.4. The van der Waals surface area contributed by atoms with Gasteiger partial charge in [-0.05, 0) is 23.8 Å². The van der Waals surface area contributed by atoms with E-state index >= 15 is 0 Å². The first-order chi connectivity index (χ1) is 13.2. The number of rotatable bonds is 4. The van der Waals surface area contributed by atoms with Crippen molar-refractivity contribution < 1.29 is 4.74 Å². The second-order valence-electron chi connectivity index (χ2n) is 6.66. The van der Waals surface area contributed by atoms with Crippen LogP contribution in [0, 0.1) is 0 Å². The summed E-state index contributed by atoms with van der Waals surface area (Å²) in [5, 5.41) is 0. The fourth-order valence-electron chi connectivity index (χ4n) is 3.48. The molecule has 27 heavy (non-hydrogen) atoms. The summed E-state index contributed by atoms with van der Waals surface area (Å²) in [6.45, 7) is 1.44. The number of aliphatic imine (C=N–C) groups is 1. The third-order valence-corrected chi connectivity index (χ3v) is 4.78. The van der Waals surface area contributed by atoms with Gasteiger partial charge in [-0.2, -0.15) is 0 Å². The number of benzene rings is 3. The standard InChI is InChI=1S/C23H23N3O/c1-27-19-13-11-17(12-14-19)15-26-16-22(24)25-23(18-7-3-2-4-8-18)20-9-5-6-10-21(20)26/h2-14,22H,15-16,24H2,1H3. The van der Waals surface area contributed by atoms with Gasteiger partial charge in [0.15, 0.2) is 0 Å². The molecule has 1 aliphatic rings. The van der Waals surface area contributed by atoms with Gasteiger partial charge in [0, 0.05) is 23.4 Å². The van der Waals surface area contributed by atoms with Gasteiger partial charge in [-0.15, -0.1) is 0 Å². The van der Waals surface area contributed by atoms with Gasteiger partial charge >= 0.3 is 0 Å². The van der Waals surface area contributed by atoms with Crippen LogP contribution in [0.3, 0.4) is 0 Å². The van der Waals surface area contributed by atoms with E-state index in [0.717, 1.165) is 34.8 Å². The van der Waals surface area contributed by atoms with E-state index in [1.165, 1.54) is 5.56 Å². The molecular weight excluding hydrogens is 334 g/mol. The summed E-state index contributed by atoms with van der Waals surface area (Å²) in [6, 6.07) is 26.8. The Balaban J connectivity index is 1.71. The van der Waals surface area contributed by atoms with Crippen molar-refractivity contribution in [1.29, 1.82) is 0 Å². The van der Waals surface area contributed by atoms with Gasteiger partial charge in [-0.3, -0.25) is 4.99 Å². The quantitative estimate of drug-likeness (QED) is 0.772. The van der Waals surface area contributed by atoms with Crippen LogP contribution in [-0.4, -0.2) is 25.5 Å². The average molecular weight is 357 g/mol. The van der Waals surface area contributed by atoms with E-state index in [-0.39, 0.29) is 6.17 Å². The molecule has 0 bridgehead atoms. The molecule has 4 nitrogen and oxygen atoms in total. The van der Waals surface area contributed by atoms with Gasteiger partial charge in [0.2, 0.25) is 0 Å². The van der Waals surface area contributed by atoms with Gasteiger partial charge in [0.1, 0.15) is 11.9 Å². The Kier molecular flexibility index (Phi) is 4.90. The normalized spacial score (nSPS) is 16.3. The van der Waals surface area contributed by atoms with Crippen LogP contribution in [0.1, 0.15) is 16.7 Å². The van der Waals surface area contributed by atoms with E-state index in [1.807, 2.05) is 30.3 Å². The van der Waals surface area contributed by atoms with Crippen LogP contribution < -0.4 is 15.4 Å². The second-order valence-corrected chi connectivity index (χ2v) is 6.66. The smallest absolute Gasteiger partial charge is 0.118 e. The molecule has 0 aromatic heterocycles. The van der Waals surface area contributed by atoms with Gasteiger partial charge in [0.05, 0.1) is 19.4 Å². The monoisotopic (exact) mass is 357 g/mol. The third kappa shape index (κ3) is 3.71. The molecule has 0 spiro atoms. The molecule has 136 valence electrons. The number of nitrogens with two attached hydrogens (primary N) is 1. The topological polar surface area (TPSA) is 50.9 Å². The average Bonchev–Trinajstić information content (AvgIpc) is 2.86. The van der Waals surface area contributed by atoms with Crippen molar-refractivity contribution in [2.45, 2.75) is 12.7 Å². The molecule has 4 rings (SSSR count). The first kappa shape index (κ1) is 17.3. The lowest BCUT2D eigenvalue weighted by molar-refractivity contribution is 0.414. The number of fused-ring (bicyclic) bond motifs is 1. The number of nitrogens with zero attached hydrogens (tertiary/aromatic N) is 2. The van der Waals surface area contributed by atoms with Crippen LogP contribution >= 0.6 is 0 Å². The Morgan fingerprint density at radius 3 is 2.41 bits per heavy atom. The molecule has 1 heterocycles. The first-order valence-electron chi connectivity index (χ1n) is 9.10. The van der Waals surface area contributed by atoms with Gasteiger partial charge < -0.3 is 15.4 Å². The van der Waals surface area contributed by atoms with Crippen molar-refractivity contribution >= 4 is 11.4 Å². The minimum Gasteiger partial charge on any atom is -0.497 e. The molecule has 4 heteroatoms. The summed E-state index contributed by atoms with van der Waals surface area (Å²) in [7, 11) is 1.68. The van der Waals surface area contributed by atoms with Crippen LogP contribution in [0.5, 0.6) is 5.75 Å². The maximum Gasteiger partial charge on any atom is 0.118 e. The Morgan fingerprint density at radius 1 is 0.963 bits per heavy atom. The van der Waals surface area contributed by atoms with Gasteiger partial charge in [-0.1, -0.05) is 60.7 Å². The van der Waals surface area contributed by atoms with Gasteiger partial charge in [-0.25, -0.2) is 0 Å². The summed E-state index contributed by atoms with van der Waals surface area (Å²) in [5.74, 6) is 0.862. The number of para-hydroxylation sites is 1. The van der Waals surface area contributed by atoms with E-state index < -0.39 is 0 Å². The Bertz CT molecular complexity index is 935. The SMILES string of the molecule is COc1ccc(CN2CC(N)N=C(c3ccccc3)c3ccccc32)cc1. The molecule has 1 atom stereocenters. The van der Waals surface area contributed by atoms with E-state index in [9.17, 15) is 0 Å². The fourth-order valence-corrected chi connectivity index (χ4v) is 3.48. The molecule has 3 aromatic carbocycles. The van der Waals surface area contributed by atoms with Crippen LogP contribution in [0.2, 0.25) is 0 Å². The molecular formula is C23H23N3O. The number of hydrogen-bond acceptors (Lipinski definition) is 4. The summed E-state index contributed by atoms with van der Waals surface area (Å²) in [6.07, 6.45) is -0.286. The highest BCUT2D eigenvalue weighted by Crippen LogP contribution is 2.28. The summed E-state index contributed by atoms with van der Waals surface area (Å²) in [5.41, 5.74) is 11.9. The van der Waals surface area contributed by atoms with E-state index in [0.29, 0.717) is 6.54 Å². The molecule has 1 unspecified atom stereocenters. The van der Waals surface area contributed by atoms with Crippen LogP contribution in [-0.2, 0) is 6.54 Å². The van der Waals surface area contributed by atoms with Crippen LogP contribution in [0.25, 0.3) is 0 Å². The summed E-state index contributed by atoms with van der Waals surface area (Å²) < 4.78 is 5.26.